The Hall–Kier alpha value is -3.38. The predicted molar refractivity (Wildman–Crippen MR) is 160 cm³/mol. The maximum absolute atomic E-state index is 14.3. The molecule has 0 aliphatic carbocycles. The minimum Gasteiger partial charge on any atom is -0.274 e. The molecule has 4 aliphatic rings. The average Bonchev–Trinajstić information content (AvgIpc) is 3.79. The highest BCUT2D eigenvalue weighted by atomic mass is 35.5. The highest BCUT2D eigenvalue weighted by Crippen LogP contribution is 2.60. The Kier molecular flexibility index (Phi) is 5.98. The third-order valence-electron chi connectivity index (χ3n) is 8.53. The van der Waals surface area contributed by atoms with E-state index in [2.05, 4.69) is 0 Å². The minimum atomic E-state index is -0.901. The van der Waals surface area contributed by atoms with E-state index in [1.54, 1.807) is 48.5 Å². The third kappa shape index (κ3) is 3.54. The highest BCUT2D eigenvalue weighted by molar-refractivity contribution is 7.10. The fourth-order valence-corrected chi connectivity index (χ4v) is 9.15. The standard InChI is InChI=1S/C30H20Cl2N4O4S2/c31-15-5-1-7-17(13-15)33-27(37)21-23(19-9-3-11-41-19)36-26-22(24(20-10-4-12-42-20)35(36)25(21)29(33)39)28(38)34(30(26)40)18-8-2-6-16(32)14-18/h1-14,21-26H/t21-,22-,23-,24+,25+,26+/m0/s1. The van der Waals surface area contributed by atoms with E-state index in [0.29, 0.717) is 21.4 Å². The van der Waals surface area contributed by atoms with Crippen LogP contribution in [-0.4, -0.2) is 45.7 Å². The van der Waals surface area contributed by atoms with Crippen LogP contribution >= 0.6 is 45.9 Å². The number of benzene rings is 2. The molecular formula is C30H20Cl2N4O4S2. The SMILES string of the molecule is O=C1[C@@H]2[C@H](C(=O)N1c1cccc(Cl)c1)N1[C@H](c3cccs3)[C@@H]3C(=O)N(c4cccc(Cl)c4)C(=O)[C@@H]3N1[C@H]2c1cccs1. The molecule has 4 amide bonds. The van der Waals surface area contributed by atoms with Gasteiger partial charge in [-0.15, -0.1) is 22.7 Å². The van der Waals surface area contributed by atoms with E-state index in [1.165, 1.54) is 32.5 Å². The smallest absolute Gasteiger partial charge is 0.253 e. The summed E-state index contributed by atoms with van der Waals surface area (Å²) in [7, 11) is 0. The first-order chi connectivity index (χ1) is 20.4. The van der Waals surface area contributed by atoms with Crippen LogP contribution in [0, 0.1) is 11.8 Å². The van der Waals surface area contributed by atoms with Gasteiger partial charge in [0.25, 0.3) is 11.8 Å². The average molecular weight is 636 g/mol. The monoisotopic (exact) mass is 634 g/mol. The molecule has 4 aliphatic heterocycles. The van der Waals surface area contributed by atoms with Crippen molar-refractivity contribution in [2.45, 2.75) is 24.2 Å². The Balaban J connectivity index is 1.31. The van der Waals surface area contributed by atoms with Gasteiger partial charge in [-0.1, -0.05) is 47.5 Å². The lowest BCUT2D eigenvalue weighted by Crippen LogP contribution is -2.50. The first kappa shape index (κ1) is 26.3. The van der Waals surface area contributed by atoms with Crippen molar-refractivity contribution in [3.8, 4) is 0 Å². The zero-order valence-electron chi connectivity index (χ0n) is 21.5. The van der Waals surface area contributed by atoms with Crippen molar-refractivity contribution in [3.63, 3.8) is 0 Å². The lowest BCUT2D eigenvalue weighted by Gasteiger charge is -2.35. The third-order valence-corrected chi connectivity index (χ3v) is 10.9. The van der Waals surface area contributed by atoms with Crippen LogP contribution in [0.2, 0.25) is 10.0 Å². The minimum absolute atomic E-state index is 0.356. The molecule has 0 unspecified atom stereocenters. The van der Waals surface area contributed by atoms with E-state index < -0.39 is 47.8 Å². The fraction of sp³-hybridized carbons (Fsp3) is 0.200. The van der Waals surface area contributed by atoms with Gasteiger partial charge < -0.3 is 0 Å². The van der Waals surface area contributed by atoms with Crippen LogP contribution in [0.3, 0.4) is 0 Å². The molecule has 6 atom stereocenters. The Labute approximate surface area is 258 Å². The van der Waals surface area contributed by atoms with Crippen LogP contribution in [0.1, 0.15) is 21.8 Å². The lowest BCUT2D eigenvalue weighted by molar-refractivity contribution is -0.135. The number of halogens is 2. The second-order valence-electron chi connectivity index (χ2n) is 10.6. The van der Waals surface area contributed by atoms with Crippen LogP contribution in [0.5, 0.6) is 0 Å². The Morgan fingerprint density at radius 2 is 0.952 bits per heavy atom. The van der Waals surface area contributed by atoms with E-state index in [9.17, 15) is 19.2 Å². The summed E-state index contributed by atoms with van der Waals surface area (Å²) in [6.45, 7) is 0. The summed E-state index contributed by atoms with van der Waals surface area (Å²) in [5.41, 5.74) is 0.796. The van der Waals surface area contributed by atoms with Gasteiger partial charge in [-0.05, 0) is 59.3 Å². The van der Waals surface area contributed by atoms with Gasteiger partial charge in [0.05, 0.1) is 35.3 Å². The van der Waals surface area contributed by atoms with E-state index in [0.717, 1.165) is 9.75 Å². The summed E-state index contributed by atoms with van der Waals surface area (Å²) in [6.07, 6.45) is 0. The molecule has 4 aromatic rings. The molecule has 8 rings (SSSR count). The first-order valence-electron chi connectivity index (χ1n) is 13.3. The van der Waals surface area contributed by atoms with Gasteiger partial charge >= 0.3 is 0 Å². The van der Waals surface area contributed by atoms with Crippen LogP contribution in [0.4, 0.5) is 11.4 Å². The van der Waals surface area contributed by atoms with Gasteiger partial charge in [0, 0.05) is 19.8 Å². The number of anilines is 2. The predicted octanol–water partition coefficient (Wildman–Crippen LogP) is 5.56. The number of hydrogen-bond donors (Lipinski definition) is 0. The number of amides is 4. The number of rotatable bonds is 4. The molecule has 12 heteroatoms. The van der Waals surface area contributed by atoms with E-state index in [4.69, 9.17) is 23.2 Å². The van der Waals surface area contributed by atoms with Gasteiger partial charge in [-0.2, -0.15) is 0 Å². The molecule has 4 fully saturated rings. The molecule has 0 spiro atoms. The number of thiophene rings is 2. The Bertz CT molecular complexity index is 1650. The number of fused-ring (bicyclic) bond motifs is 5. The Morgan fingerprint density at radius 1 is 0.524 bits per heavy atom. The number of imide groups is 2. The highest BCUT2D eigenvalue weighted by Gasteiger charge is 2.74. The molecule has 210 valence electrons. The van der Waals surface area contributed by atoms with E-state index >= 15 is 0 Å². The maximum Gasteiger partial charge on any atom is 0.253 e. The maximum atomic E-state index is 14.3. The number of hydrogen-bond acceptors (Lipinski definition) is 8. The molecular weight excluding hydrogens is 615 g/mol. The van der Waals surface area contributed by atoms with Crippen molar-refractivity contribution in [2.75, 3.05) is 9.80 Å². The molecule has 4 saturated heterocycles. The van der Waals surface area contributed by atoms with Crippen molar-refractivity contribution in [1.82, 2.24) is 10.0 Å². The molecule has 6 heterocycles. The molecule has 8 nitrogen and oxygen atoms in total. The molecule has 0 radical (unpaired) electrons. The van der Waals surface area contributed by atoms with Crippen molar-refractivity contribution in [2.24, 2.45) is 11.8 Å². The van der Waals surface area contributed by atoms with Crippen molar-refractivity contribution >= 4 is 80.9 Å². The van der Waals surface area contributed by atoms with Crippen molar-refractivity contribution in [3.05, 3.63) is 103 Å². The summed E-state index contributed by atoms with van der Waals surface area (Å²) >= 11 is 15.4. The van der Waals surface area contributed by atoms with Crippen LogP contribution in [0.15, 0.2) is 83.6 Å². The zero-order valence-corrected chi connectivity index (χ0v) is 24.7. The van der Waals surface area contributed by atoms with Crippen molar-refractivity contribution in [1.29, 1.82) is 0 Å². The molecule has 42 heavy (non-hydrogen) atoms. The normalized spacial score (nSPS) is 29.1. The zero-order chi connectivity index (χ0) is 28.9. The molecule has 2 aromatic heterocycles. The number of carbonyl (C=O) groups excluding carboxylic acids is 4. The molecule has 0 saturated carbocycles. The molecule has 2 aromatic carbocycles. The quantitative estimate of drug-likeness (QED) is 0.273. The van der Waals surface area contributed by atoms with E-state index in [-0.39, 0.29) is 11.8 Å². The second kappa shape index (κ2) is 9.57. The summed E-state index contributed by atoms with van der Waals surface area (Å²) in [4.78, 5) is 61.2. The van der Waals surface area contributed by atoms with Gasteiger partial charge in [0.15, 0.2) is 0 Å². The fourth-order valence-electron chi connectivity index (χ4n) is 7.05. The lowest BCUT2D eigenvalue weighted by atomic mass is 9.88. The van der Waals surface area contributed by atoms with Crippen molar-refractivity contribution < 1.29 is 19.2 Å². The number of hydrazine groups is 1. The van der Waals surface area contributed by atoms with Crippen LogP contribution in [0.25, 0.3) is 0 Å². The topological polar surface area (TPSA) is 81.2 Å². The number of nitrogens with zero attached hydrogens (tertiary/aromatic N) is 4. The van der Waals surface area contributed by atoms with Gasteiger partial charge in [0.2, 0.25) is 11.8 Å². The summed E-state index contributed by atoms with van der Waals surface area (Å²) in [6, 6.07) is 17.9. The first-order valence-corrected chi connectivity index (χ1v) is 15.8. The van der Waals surface area contributed by atoms with Crippen LogP contribution in [-0.2, 0) is 19.2 Å². The second-order valence-corrected chi connectivity index (χ2v) is 13.4. The molecule has 0 N–H and O–H groups in total. The van der Waals surface area contributed by atoms with Gasteiger partial charge in [-0.3, -0.25) is 19.2 Å². The molecule has 0 bridgehead atoms. The summed E-state index contributed by atoms with van der Waals surface area (Å²) in [5.74, 6) is -3.09. The van der Waals surface area contributed by atoms with Gasteiger partial charge in [0.1, 0.15) is 12.1 Å². The Morgan fingerprint density at radius 3 is 1.31 bits per heavy atom. The van der Waals surface area contributed by atoms with Gasteiger partial charge in [-0.25, -0.2) is 19.8 Å². The summed E-state index contributed by atoms with van der Waals surface area (Å²) in [5, 5.41) is 8.37. The van der Waals surface area contributed by atoms with Crippen LogP contribution < -0.4 is 9.80 Å². The largest absolute Gasteiger partial charge is 0.274 e. The number of carbonyl (C=O) groups is 4. The van der Waals surface area contributed by atoms with E-state index in [1.807, 2.05) is 45.0 Å². The summed E-state index contributed by atoms with van der Waals surface area (Å²) < 4.78 is 0.